The second-order valence-corrected chi connectivity index (χ2v) is 7.28. The van der Waals surface area contributed by atoms with E-state index in [9.17, 15) is 14.4 Å². The van der Waals surface area contributed by atoms with E-state index < -0.39 is 11.2 Å². The number of amides is 1. The first kappa shape index (κ1) is 21.1. The number of nitrogens with zero attached hydrogens (tertiary/aromatic N) is 2. The summed E-state index contributed by atoms with van der Waals surface area (Å²) in [6, 6.07) is 7.22. The molecule has 146 valence electrons. The Morgan fingerprint density at radius 3 is 2.63 bits per heavy atom. The molecule has 0 atom stereocenters. The first-order valence-corrected chi connectivity index (χ1v) is 10.1. The van der Waals surface area contributed by atoms with Crippen molar-refractivity contribution in [2.24, 2.45) is 0 Å². The second kappa shape index (κ2) is 9.66. The Hall–Kier alpha value is -2.19. The molecule has 3 N–H and O–H groups in total. The number of carbonyl (C=O) groups is 1. The number of thioether (sulfide) groups is 1. The Morgan fingerprint density at radius 2 is 2.00 bits per heavy atom. The average Bonchev–Trinajstić information content (AvgIpc) is 2.64. The van der Waals surface area contributed by atoms with E-state index in [1.54, 1.807) is 13.0 Å². The first-order valence-electron chi connectivity index (χ1n) is 8.70. The van der Waals surface area contributed by atoms with Crippen molar-refractivity contribution in [1.82, 2.24) is 9.55 Å². The molecule has 7 nitrogen and oxygen atoms in total. The predicted molar refractivity (Wildman–Crippen MR) is 111 cm³/mol. The molecule has 0 aliphatic rings. The van der Waals surface area contributed by atoms with Crippen molar-refractivity contribution >= 4 is 40.8 Å². The van der Waals surface area contributed by atoms with Crippen molar-refractivity contribution in [2.75, 3.05) is 22.9 Å². The fourth-order valence-corrected chi connectivity index (χ4v) is 3.73. The number of benzene rings is 1. The Balaban J connectivity index is 2.30. The Labute approximate surface area is 166 Å². The van der Waals surface area contributed by atoms with Crippen molar-refractivity contribution in [2.45, 2.75) is 38.1 Å². The van der Waals surface area contributed by atoms with E-state index in [1.807, 2.05) is 25.1 Å². The molecule has 0 aliphatic carbocycles. The number of hydrogen-bond donors (Lipinski definition) is 2. The van der Waals surface area contributed by atoms with Crippen molar-refractivity contribution in [3.05, 3.63) is 50.1 Å². The maximum Gasteiger partial charge on any atom is 0.330 e. The highest BCUT2D eigenvalue weighted by Gasteiger charge is 2.23. The van der Waals surface area contributed by atoms with Crippen molar-refractivity contribution in [3.63, 3.8) is 0 Å². The summed E-state index contributed by atoms with van der Waals surface area (Å²) in [6.07, 6.45) is 1.60. The van der Waals surface area contributed by atoms with E-state index in [1.165, 1.54) is 21.2 Å². The van der Waals surface area contributed by atoms with Gasteiger partial charge in [0.25, 0.3) is 5.56 Å². The highest BCUT2D eigenvalue weighted by Crippen LogP contribution is 2.27. The zero-order valence-corrected chi connectivity index (χ0v) is 16.9. The van der Waals surface area contributed by atoms with Crippen molar-refractivity contribution in [1.29, 1.82) is 0 Å². The summed E-state index contributed by atoms with van der Waals surface area (Å²) in [5.74, 6) is -0.194. The molecule has 0 saturated heterocycles. The summed E-state index contributed by atoms with van der Waals surface area (Å²) in [7, 11) is 0. The molecule has 2 rings (SSSR count). The number of nitrogens with two attached hydrogens (primary N) is 1. The van der Waals surface area contributed by atoms with E-state index in [2.05, 4.69) is 4.98 Å². The minimum atomic E-state index is -0.664. The fourth-order valence-electron chi connectivity index (χ4n) is 2.61. The lowest BCUT2D eigenvalue weighted by molar-refractivity contribution is -0.116. The molecule has 0 bridgehead atoms. The molecule has 1 amide bonds. The Morgan fingerprint density at radius 1 is 1.30 bits per heavy atom. The number of unbranched alkanes of at least 4 members (excludes halogenated alkanes) is 1. The number of aromatic amines is 1. The van der Waals surface area contributed by atoms with Crippen LogP contribution in [-0.2, 0) is 11.3 Å². The molecule has 0 radical (unpaired) electrons. The van der Waals surface area contributed by atoms with Gasteiger partial charge in [0.1, 0.15) is 5.82 Å². The van der Waals surface area contributed by atoms with E-state index in [0.717, 1.165) is 17.7 Å². The van der Waals surface area contributed by atoms with Gasteiger partial charge in [-0.25, -0.2) is 4.79 Å². The third-order valence-electron chi connectivity index (χ3n) is 4.02. The number of nitrogens with one attached hydrogen (secondary N) is 1. The number of H-pyrrole nitrogens is 1. The maximum atomic E-state index is 12.7. The van der Waals surface area contributed by atoms with Gasteiger partial charge < -0.3 is 10.6 Å². The van der Waals surface area contributed by atoms with E-state index in [4.69, 9.17) is 17.3 Å². The van der Waals surface area contributed by atoms with Gasteiger partial charge in [-0.15, -0.1) is 11.8 Å². The van der Waals surface area contributed by atoms with Crippen LogP contribution in [0.1, 0.15) is 26.7 Å². The van der Waals surface area contributed by atoms with Gasteiger partial charge in [-0.3, -0.25) is 19.1 Å². The number of anilines is 2. The quantitative estimate of drug-likeness (QED) is 0.651. The largest absolute Gasteiger partial charge is 0.383 e. The topological polar surface area (TPSA) is 101 Å². The van der Waals surface area contributed by atoms with Crippen LogP contribution in [0, 0.1) is 0 Å². The van der Waals surface area contributed by atoms with Gasteiger partial charge in [0.15, 0.2) is 5.69 Å². The normalized spacial score (nSPS) is 10.8. The van der Waals surface area contributed by atoms with E-state index in [-0.39, 0.29) is 29.7 Å². The average molecular weight is 411 g/mol. The van der Waals surface area contributed by atoms with E-state index in [0.29, 0.717) is 11.6 Å². The van der Waals surface area contributed by atoms with Crippen LogP contribution in [0.2, 0.25) is 5.02 Å². The van der Waals surface area contributed by atoms with Gasteiger partial charge >= 0.3 is 5.69 Å². The minimum absolute atomic E-state index is 0.00939. The highest BCUT2D eigenvalue weighted by molar-refractivity contribution is 8.00. The van der Waals surface area contributed by atoms with Crippen LogP contribution in [-0.4, -0.2) is 27.8 Å². The zero-order valence-electron chi connectivity index (χ0n) is 15.3. The molecule has 1 aromatic carbocycles. The van der Waals surface area contributed by atoms with Crippen LogP contribution in [0.3, 0.4) is 0 Å². The molecule has 9 heteroatoms. The molecule has 1 heterocycles. The standard InChI is InChI=1S/C18H23ClN4O3S/c1-3-5-10-23-16(20)15(17(25)21-18(23)26)22(4-2)14(24)11-27-13-9-7-6-8-12(13)19/h6-9H,3-5,10-11,20H2,1-2H3,(H,21,25,26). The molecule has 2 aromatic rings. The molecule has 1 aromatic heterocycles. The zero-order chi connectivity index (χ0) is 20.0. The summed E-state index contributed by atoms with van der Waals surface area (Å²) >= 11 is 7.40. The Kier molecular flexibility index (Phi) is 7.55. The minimum Gasteiger partial charge on any atom is -0.383 e. The van der Waals surface area contributed by atoms with Gasteiger partial charge in [0, 0.05) is 18.0 Å². The fraction of sp³-hybridized carbons (Fsp3) is 0.389. The number of aromatic nitrogens is 2. The first-order chi connectivity index (χ1) is 12.9. The van der Waals surface area contributed by atoms with E-state index >= 15 is 0 Å². The highest BCUT2D eigenvalue weighted by atomic mass is 35.5. The number of rotatable bonds is 8. The molecule has 0 aliphatic heterocycles. The summed E-state index contributed by atoms with van der Waals surface area (Å²) in [4.78, 5) is 41.5. The summed E-state index contributed by atoms with van der Waals surface area (Å²) in [5, 5.41) is 0.559. The Bertz CT molecular complexity index is 926. The number of hydrogen-bond acceptors (Lipinski definition) is 5. The van der Waals surface area contributed by atoms with Gasteiger partial charge in [0.2, 0.25) is 5.91 Å². The van der Waals surface area contributed by atoms with Crippen LogP contribution in [0.25, 0.3) is 0 Å². The smallest absolute Gasteiger partial charge is 0.330 e. The maximum absolute atomic E-state index is 12.7. The molecule has 0 fully saturated rings. The number of nitrogen functional groups attached to an aromatic ring is 1. The van der Waals surface area contributed by atoms with Gasteiger partial charge in [-0.05, 0) is 25.5 Å². The number of halogens is 1. The molecular formula is C18H23ClN4O3S. The lowest BCUT2D eigenvalue weighted by Gasteiger charge is -2.23. The van der Waals surface area contributed by atoms with Crippen molar-refractivity contribution < 1.29 is 4.79 Å². The molecule has 27 heavy (non-hydrogen) atoms. The van der Waals surface area contributed by atoms with Crippen LogP contribution < -0.4 is 21.9 Å². The number of carbonyl (C=O) groups excluding carboxylic acids is 1. The van der Waals surface area contributed by atoms with Crippen molar-refractivity contribution in [3.8, 4) is 0 Å². The molecule has 0 unspecified atom stereocenters. The summed E-state index contributed by atoms with van der Waals surface area (Å²) in [5.41, 5.74) is 4.87. The monoisotopic (exact) mass is 410 g/mol. The third-order valence-corrected chi connectivity index (χ3v) is 5.52. The third kappa shape index (κ3) is 4.95. The second-order valence-electron chi connectivity index (χ2n) is 5.86. The van der Waals surface area contributed by atoms with Gasteiger partial charge in [-0.2, -0.15) is 0 Å². The van der Waals surface area contributed by atoms with Crippen LogP contribution >= 0.6 is 23.4 Å². The summed E-state index contributed by atoms with van der Waals surface area (Å²) < 4.78 is 1.30. The van der Waals surface area contributed by atoms with Gasteiger partial charge in [0.05, 0.1) is 10.8 Å². The van der Waals surface area contributed by atoms with Crippen LogP contribution in [0.5, 0.6) is 0 Å². The van der Waals surface area contributed by atoms with Crippen LogP contribution in [0.15, 0.2) is 38.8 Å². The SMILES string of the molecule is CCCCn1c(N)c(N(CC)C(=O)CSc2ccccc2Cl)c(=O)[nH]c1=O. The molecule has 0 saturated carbocycles. The molecular weight excluding hydrogens is 388 g/mol. The molecule has 0 spiro atoms. The summed E-state index contributed by atoms with van der Waals surface area (Å²) in [6.45, 7) is 4.37. The lowest BCUT2D eigenvalue weighted by atomic mass is 10.3. The van der Waals surface area contributed by atoms with Crippen LogP contribution in [0.4, 0.5) is 11.5 Å². The lowest BCUT2D eigenvalue weighted by Crippen LogP contribution is -2.41. The predicted octanol–water partition coefficient (Wildman–Crippen LogP) is 2.72. The van der Waals surface area contributed by atoms with Gasteiger partial charge in [-0.1, -0.05) is 37.1 Å².